The zero-order valence-corrected chi connectivity index (χ0v) is 19.4. The van der Waals surface area contributed by atoms with Gasteiger partial charge in [-0.25, -0.2) is 0 Å². The van der Waals surface area contributed by atoms with Gasteiger partial charge in [-0.2, -0.15) is 0 Å². The minimum atomic E-state index is -0.433. The summed E-state index contributed by atoms with van der Waals surface area (Å²) in [4.78, 5) is 26.6. The summed E-state index contributed by atoms with van der Waals surface area (Å²) in [5.74, 6) is 0.141. The Morgan fingerprint density at radius 1 is 0.677 bits per heavy atom. The molecule has 2 saturated carbocycles. The van der Waals surface area contributed by atoms with Crippen molar-refractivity contribution in [1.82, 2.24) is 0 Å². The van der Waals surface area contributed by atoms with Crippen molar-refractivity contribution in [3.05, 3.63) is 57.6 Å². The molecule has 0 amide bonds. The van der Waals surface area contributed by atoms with E-state index >= 15 is 0 Å². The van der Waals surface area contributed by atoms with Crippen LogP contribution in [0.2, 0.25) is 0 Å². The van der Waals surface area contributed by atoms with Crippen LogP contribution in [0.25, 0.3) is 0 Å². The first-order valence-corrected chi connectivity index (χ1v) is 11.2. The third-order valence-corrected chi connectivity index (χ3v) is 7.41. The highest BCUT2D eigenvalue weighted by atomic mass is 16.5. The Bertz CT molecular complexity index is 968. The first-order valence-electron chi connectivity index (χ1n) is 11.2. The van der Waals surface area contributed by atoms with Crippen molar-refractivity contribution in [1.29, 1.82) is 0 Å². The number of ether oxygens (including phenoxy) is 2. The smallest absolute Gasteiger partial charge is 0.315 e. The topological polar surface area (TPSA) is 52.6 Å². The van der Waals surface area contributed by atoms with E-state index < -0.39 is 11.8 Å². The van der Waals surface area contributed by atoms with E-state index in [1.807, 2.05) is 53.7 Å². The van der Waals surface area contributed by atoms with E-state index in [0.717, 1.165) is 52.6 Å². The average molecular weight is 421 g/mol. The largest absolute Gasteiger partial charge is 0.426 e. The Balaban J connectivity index is 1.58. The second-order valence-corrected chi connectivity index (χ2v) is 9.64. The molecule has 0 spiro atoms. The minimum Gasteiger partial charge on any atom is -0.426 e. The fraction of sp³-hybridized carbons (Fsp3) is 0.481. The summed E-state index contributed by atoms with van der Waals surface area (Å²) in [7, 11) is 0. The van der Waals surface area contributed by atoms with E-state index in [9.17, 15) is 9.59 Å². The van der Waals surface area contributed by atoms with E-state index in [4.69, 9.17) is 9.47 Å². The molecule has 2 aromatic rings. The van der Waals surface area contributed by atoms with Crippen molar-refractivity contribution in [3.63, 3.8) is 0 Å². The fourth-order valence-corrected chi connectivity index (χ4v) is 5.54. The molecule has 2 aromatic carbocycles. The lowest BCUT2D eigenvalue weighted by Crippen LogP contribution is -2.39. The van der Waals surface area contributed by atoms with Crippen LogP contribution in [0, 0.1) is 65.2 Å². The van der Waals surface area contributed by atoms with Crippen LogP contribution >= 0.6 is 0 Å². The molecule has 4 atom stereocenters. The van der Waals surface area contributed by atoms with E-state index in [1.54, 1.807) is 0 Å². The van der Waals surface area contributed by atoms with Crippen LogP contribution in [0.4, 0.5) is 0 Å². The summed E-state index contributed by atoms with van der Waals surface area (Å²) in [6.45, 7) is 12.0. The van der Waals surface area contributed by atoms with Crippen LogP contribution in [0.3, 0.4) is 0 Å². The second kappa shape index (κ2) is 8.14. The molecule has 4 heteroatoms. The number of hydrogen-bond donors (Lipinski definition) is 0. The van der Waals surface area contributed by atoms with Crippen LogP contribution in [-0.4, -0.2) is 11.9 Å². The van der Waals surface area contributed by atoms with Gasteiger partial charge in [0, 0.05) is 0 Å². The van der Waals surface area contributed by atoms with Gasteiger partial charge in [-0.1, -0.05) is 12.1 Å². The van der Waals surface area contributed by atoms with E-state index in [0.29, 0.717) is 11.5 Å². The van der Waals surface area contributed by atoms with Crippen molar-refractivity contribution in [2.45, 2.75) is 60.8 Å². The fourth-order valence-electron chi connectivity index (χ4n) is 5.54. The van der Waals surface area contributed by atoms with Gasteiger partial charge in [0.15, 0.2) is 0 Å². The predicted molar refractivity (Wildman–Crippen MR) is 120 cm³/mol. The van der Waals surface area contributed by atoms with Gasteiger partial charge < -0.3 is 9.47 Å². The summed E-state index contributed by atoms with van der Waals surface area (Å²) in [6, 6.07) is 7.96. The second-order valence-electron chi connectivity index (χ2n) is 9.64. The van der Waals surface area contributed by atoms with Crippen LogP contribution in [0.1, 0.15) is 52.6 Å². The van der Waals surface area contributed by atoms with Crippen LogP contribution in [0.15, 0.2) is 24.3 Å². The lowest BCUT2D eigenvalue weighted by Gasteiger charge is -2.28. The van der Waals surface area contributed by atoms with E-state index in [-0.39, 0.29) is 23.8 Å². The molecule has 2 aliphatic rings. The van der Waals surface area contributed by atoms with Crippen LogP contribution in [0.5, 0.6) is 11.5 Å². The minimum absolute atomic E-state index is 0.196. The summed E-state index contributed by atoms with van der Waals surface area (Å²) < 4.78 is 11.8. The maximum Gasteiger partial charge on any atom is 0.315 e. The first-order chi connectivity index (χ1) is 14.7. The number of hydrogen-bond acceptors (Lipinski definition) is 4. The molecule has 0 aliphatic heterocycles. The average Bonchev–Trinajstić information content (AvgIpc) is 3.31. The van der Waals surface area contributed by atoms with Gasteiger partial charge in [0.05, 0.1) is 11.8 Å². The lowest BCUT2D eigenvalue weighted by molar-refractivity contribution is -0.153. The predicted octanol–water partition coefficient (Wildman–Crippen LogP) is 5.71. The van der Waals surface area contributed by atoms with E-state index in [2.05, 4.69) is 12.1 Å². The van der Waals surface area contributed by atoms with Gasteiger partial charge in [0.2, 0.25) is 0 Å². The molecule has 164 valence electrons. The summed E-state index contributed by atoms with van der Waals surface area (Å²) in [5, 5.41) is 0. The molecule has 4 nitrogen and oxygen atoms in total. The number of aryl methyl sites for hydroxylation is 4. The van der Waals surface area contributed by atoms with Gasteiger partial charge in [-0.3, -0.25) is 9.59 Å². The monoisotopic (exact) mass is 420 g/mol. The zero-order valence-electron chi connectivity index (χ0n) is 19.4. The molecule has 0 N–H and O–H groups in total. The van der Waals surface area contributed by atoms with Gasteiger partial charge in [-0.15, -0.1) is 0 Å². The molecule has 0 aromatic heterocycles. The maximum absolute atomic E-state index is 13.3. The van der Waals surface area contributed by atoms with Gasteiger partial charge in [0.25, 0.3) is 0 Å². The molecule has 0 heterocycles. The number of carbonyl (C=O) groups is 2. The van der Waals surface area contributed by atoms with E-state index in [1.165, 1.54) is 0 Å². The highest BCUT2D eigenvalue weighted by Gasteiger charge is 2.55. The normalized spacial score (nSPS) is 24.3. The molecule has 4 unspecified atom stereocenters. The Labute approximate surface area is 185 Å². The SMILES string of the molecule is Cc1cc(C)c(C)c(OC(=O)C2C3CCC(C3)C2C(=O)Oc2cc(C)cc(C)c2C)c1. The molecule has 31 heavy (non-hydrogen) atoms. The standard InChI is InChI=1S/C27H32O4/c1-14-9-16(3)18(5)22(11-14)30-26(28)24-20-7-8-21(13-20)25(24)27(29)31-23-12-15(2)10-17(4)19(23)6/h9-12,20-21,24-25H,7-8,13H2,1-6H3. The molecule has 0 saturated heterocycles. The van der Waals surface area contributed by atoms with Gasteiger partial charge in [0.1, 0.15) is 11.5 Å². The molecule has 2 fully saturated rings. The Kier molecular flexibility index (Phi) is 5.67. The van der Waals surface area contributed by atoms with Crippen molar-refractivity contribution in [3.8, 4) is 11.5 Å². The number of benzene rings is 2. The highest BCUT2D eigenvalue weighted by molar-refractivity contribution is 5.86. The Morgan fingerprint density at radius 2 is 1.06 bits per heavy atom. The number of fused-ring (bicyclic) bond motifs is 2. The van der Waals surface area contributed by atoms with Gasteiger partial charge >= 0.3 is 11.9 Å². The Morgan fingerprint density at radius 3 is 1.45 bits per heavy atom. The third-order valence-electron chi connectivity index (χ3n) is 7.41. The van der Waals surface area contributed by atoms with Gasteiger partial charge in [-0.05, 0) is 118 Å². The Hall–Kier alpha value is -2.62. The molecule has 2 aliphatic carbocycles. The van der Waals surface area contributed by atoms with Crippen LogP contribution in [-0.2, 0) is 9.59 Å². The first kappa shape index (κ1) is 21.6. The zero-order chi connectivity index (χ0) is 22.4. The van der Waals surface area contributed by atoms with Crippen molar-refractivity contribution in [2.75, 3.05) is 0 Å². The molecule has 0 radical (unpaired) electrons. The number of carbonyl (C=O) groups excluding carboxylic acids is 2. The van der Waals surface area contributed by atoms with Crippen molar-refractivity contribution >= 4 is 11.9 Å². The maximum atomic E-state index is 13.3. The third kappa shape index (κ3) is 4.00. The molecular formula is C27H32O4. The van der Waals surface area contributed by atoms with Crippen molar-refractivity contribution in [2.24, 2.45) is 23.7 Å². The highest BCUT2D eigenvalue weighted by Crippen LogP contribution is 2.53. The molecule has 2 bridgehead atoms. The molecule has 4 rings (SSSR count). The summed E-state index contributed by atoms with van der Waals surface area (Å²) >= 11 is 0. The summed E-state index contributed by atoms with van der Waals surface area (Å²) in [6.07, 6.45) is 2.85. The molecular weight excluding hydrogens is 388 g/mol. The lowest BCUT2D eigenvalue weighted by atomic mass is 9.79. The van der Waals surface area contributed by atoms with Crippen LogP contribution < -0.4 is 9.47 Å². The quantitative estimate of drug-likeness (QED) is 0.470. The van der Waals surface area contributed by atoms with Crippen molar-refractivity contribution < 1.29 is 19.1 Å². The number of esters is 2. The summed E-state index contributed by atoms with van der Waals surface area (Å²) in [5.41, 5.74) is 6.23. The number of rotatable bonds is 4.